The van der Waals surface area contributed by atoms with Crippen LogP contribution in [0.3, 0.4) is 0 Å². The third-order valence-electron chi connectivity index (χ3n) is 3.18. The average molecular weight is 332 g/mol. The van der Waals surface area contributed by atoms with Crippen LogP contribution in [0.4, 0.5) is 5.69 Å². The number of carbonyl (C=O) groups is 1. The molecule has 1 heterocycles. The number of anilines is 1. The van der Waals surface area contributed by atoms with Crippen LogP contribution in [0.25, 0.3) is 22.0 Å². The SMILES string of the molecule is CC(=O)Nc1ccc(-c2nncc3cc(Cl)c(Cl)cc23)cc1. The first-order valence-electron chi connectivity index (χ1n) is 6.53. The fourth-order valence-corrected chi connectivity index (χ4v) is 2.54. The summed E-state index contributed by atoms with van der Waals surface area (Å²) in [6.07, 6.45) is 1.65. The Morgan fingerprint density at radius 3 is 2.45 bits per heavy atom. The molecule has 0 fully saturated rings. The van der Waals surface area contributed by atoms with E-state index in [0.717, 1.165) is 22.0 Å². The number of hydrogen-bond donors (Lipinski definition) is 1. The number of nitrogens with zero attached hydrogens (tertiary/aromatic N) is 2. The van der Waals surface area contributed by atoms with Crippen LogP contribution in [0.5, 0.6) is 0 Å². The summed E-state index contributed by atoms with van der Waals surface area (Å²) in [5, 5.41) is 13.6. The molecule has 1 N–H and O–H groups in total. The monoisotopic (exact) mass is 331 g/mol. The zero-order valence-corrected chi connectivity index (χ0v) is 13.1. The van der Waals surface area contributed by atoms with Gasteiger partial charge in [0.1, 0.15) is 5.69 Å². The summed E-state index contributed by atoms with van der Waals surface area (Å²) in [6.45, 7) is 1.47. The minimum Gasteiger partial charge on any atom is -0.326 e. The highest BCUT2D eigenvalue weighted by Gasteiger charge is 2.09. The number of carbonyl (C=O) groups excluding carboxylic acids is 1. The molecule has 0 saturated carbocycles. The second-order valence-electron chi connectivity index (χ2n) is 4.81. The number of rotatable bonds is 2. The van der Waals surface area contributed by atoms with E-state index in [1.807, 2.05) is 24.3 Å². The van der Waals surface area contributed by atoms with E-state index < -0.39 is 0 Å². The molecular formula is C16H11Cl2N3O. The number of hydrogen-bond acceptors (Lipinski definition) is 3. The number of aromatic nitrogens is 2. The summed E-state index contributed by atoms with van der Waals surface area (Å²) in [6, 6.07) is 10.9. The van der Waals surface area contributed by atoms with Gasteiger partial charge in [0.25, 0.3) is 0 Å². The Morgan fingerprint density at radius 2 is 1.77 bits per heavy atom. The third-order valence-corrected chi connectivity index (χ3v) is 3.90. The summed E-state index contributed by atoms with van der Waals surface area (Å²) >= 11 is 12.1. The topological polar surface area (TPSA) is 54.9 Å². The van der Waals surface area contributed by atoms with E-state index in [4.69, 9.17) is 23.2 Å². The first-order chi connectivity index (χ1) is 10.5. The largest absolute Gasteiger partial charge is 0.326 e. The summed E-state index contributed by atoms with van der Waals surface area (Å²) in [4.78, 5) is 11.1. The highest BCUT2D eigenvalue weighted by atomic mass is 35.5. The standard InChI is InChI=1S/C16H11Cl2N3O/c1-9(22)20-12-4-2-10(3-5-12)16-13-7-15(18)14(17)6-11(13)8-19-21-16/h2-8H,1H3,(H,20,22). The maximum absolute atomic E-state index is 11.1. The molecule has 2 aromatic carbocycles. The molecule has 0 aliphatic carbocycles. The summed E-state index contributed by atoms with van der Waals surface area (Å²) < 4.78 is 0. The predicted octanol–water partition coefficient (Wildman–Crippen LogP) is 4.56. The normalized spacial score (nSPS) is 10.7. The maximum Gasteiger partial charge on any atom is 0.221 e. The van der Waals surface area contributed by atoms with Crippen LogP contribution in [-0.4, -0.2) is 16.1 Å². The highest BCUT2D eigenvalue weighted by molar-refractivity contribution is 6.42. The first-order valence-corrected chi connectivity index (χ1v) is 7.28. The van der Waals surface area contributed by atoms with Crippen LogP contribution >= 0.6 is 23.2 Å². The van der Waals surface area contributed by atoms with Crippen LogP contribution < -0.4 is 5.32 Å². The molecule has 0 aliphatic heterocycles. The summed E-state index contributed by atoms with van der Waals surface area (Å²) in [5.74, 6) is -0.112. The Kier molecular flexibility index (Phi) is 3.96. The van der Waals surface area contributed by atoms with Crippen LogP contribution in [0.1, 0.15) is 6.92 Å². The summed E-state index contributed by atoms with van der Waals surface area (Å²) in [5.41, 5.74) is 2.32. The molecule has 22 heavy (non-hydrogen) atoms. The lowest BCUT2D eigenvalue weighted by Crippen LogP contribution is -2.05. The second kappa shape index (κ2) is 5.91. The van der Waals surface area contributed by atoms with Gasteiger partial charge in [-0.2, -0.15) is 5.10 Å². The molecule has 0 unspecified atom stereocenters. The summed E-state index contributed by atoms with van der Waals surface area (Å²) in [7, 11) is 0. The van der Waals surface area contributed by atoms with Crippen molar-refractivity contribution in [1.82, 2.24) is 10.2 Å². The van der Waals surface area contributed by atoms with E-state index in [1.54, 1.807) is 18.3 Å². The molecule has 4 nitrogen and oxygen atoms in total. The third kappa shape index (κ3) is 2.89. The molecule has 0 radical (unpaired) electrons. The smallest absolute Gasteiger partial charge is 0.221 e. The van der Waals surface area contributed by atoms with Crippen LogP contribution in [0.15, 0.2) is 42.6 Å². The van der Waals surface area contributed by atoms with Gasteiger partial charge in [-0.05, 0) is 24.3 Å². The Morgan fingerprint density at radius 1 is 1.09 bits per heavy atom. The minimum atomic E-state index is -0.112. The van der Waals surface area contributed by atoms with Gasteiger partial charge in [-0.1, -0.05) is 35.3 Å². The molecule has 0 bridgehead atoms. The first kappa shape index (κ1) is 14.8. The predicted molar refractivity (Wildman–Crippen MR) is 89.3 cm³/mol. The quantitative estimate of drug-likeness (QED) is 0.748. The number of halogens is 2. The molecule has 6 heteroatoms. The van der Waals surface area contributed by atoms with Gasteiger partial charge >= 0.3 is 0 Å². The van der Waals surface area contributed by atoms with Crippen LogP contribution in [0, 0.1) is 0 Å². The van der Waals surface area contributed by atoms with Gasteiger partial charge in [0.05, 0.1) is 16.2 Å². The van der Waals surface area contributed by atoms with Crippen molar-refractivity contribution in [3.05, 3.63) is 52.6 Å². The number of fused-ring (bicyclic) bond motifs is 1. The van der Waals surface area contributed by atoms with E-state index in [9.17, 15) is 4.79 Å². The van der Waals surface area contributed by atoms with Crippen molar-refractivity contribution in [2.24, 2.45) is 0 Å². The van der Waals surface area contributed by atoms with Crippen molar-refractivity contribution in [2.75, 3.05) is 5.32 Å². The van der Waals surface area contributed by atoms with E-state index >= 15 is 0 Å². The van der Waals surface area contributed by atoms with Gasteiger partial charge in [-0.15, -0.1) is 5.10 Å². The molecule has 1 amide bonds. The van der Waals surface area contributed by atoms with Gasteiger partial charge in [-0.25, -0.2) is 0 Å². The van der Waals surface area contributed by atoms with Crippen molar-refractivity contribution >= 4 is 45.6 Å². The van der Waals surface area contributed by atoms with Gasteiger partial charge in [0.15, 0.2) is 0 Å². The van der Waals surface area contributed by atoms with E-state index in [1.165, 1.54) is 6.92 Å². The second-order valence-corrected chi connectivity index (χ2v) is 5.62. The molecule has 0 spiro atoms. The molecule has 0 atom stereocenters. The van der Waals surface area contributed by atoms with Crippen molar-refractivity contribution in [1.29, 1.82) is 0 Å². The molecule has 3 aromatic rings. The maximum atomic E-state index is 11.1. The zero-order valence-electron chi connectivity index (χ0n) is 11.6. The number of nitrogens with one attached hydrogen (secondary N) is 1. The van der Waals surface area contributed by atoms with Crippen molar-refractivity contribution in [2.45, 2.75) is 6.92 Å². The van der Waals surface area contributed by atoms with E-state index in [-0.39, 0.29) is 5.91 Å². The molecule has 0 saturated heterocycles. The number of amides is 1. The Bertz CT molecular complexity index is 863. The lowest BCUT2D eigenvalue weighted by Gasteiger charge is -2.08. The van der Waals surface area contributed by atoms with E-state index in [0.29, 0.717) is 15.7 Å². The Labute approximate surface area is 137 Å². The van der Waals surface area contributed by atoms with Crippen LogP contribution in [-0.2, 0) is 4.79 Å². The Balaban J connectivity index is 2.09. The minimum absolute atomic E-state index is 0.112. The van der Waals surface area contributed by atoms with Crippen LogP contribution in [0.2, 0.25) is 10.0 Å². The molecule has 110 valence electrons. The number of benzene rings is 2. The van der Waals surface area contributed by atoms with Gasteiger partial charge in [0, 0.05) is 28.9 Å². The molecule has 3 rings (SSSR count). The average Bonchev–Trinajstić information content (AvgIpc) is 2.48. The Hall–Kier alpha value is -2.17. The molecule has 0 aliphatic rings. The van der Waals surface area contributed by atoms with Crippen molar-refractivity contribution in [3.8, 4) is 11.3 Å². The lowest BCUT2D eigenvalue weighted by molar-refractivity contribution is -0.114. The zero-order chi connectivity index (χ0) is 15.7. The fraction of sp³-hybridized carbons (Fsp3) is 0.0625. The molecule has 1 aromatic heterocycles. The molecular weight excluding hydrogens is 321 g/mol. The van der Waals surface area contributed by atoms with Gasteiger partial charge in [-0.3, -0.25) is 4.79 Å². The van der Waals surface area contributed by atoms with Gasteiger partial charge in [0.2, 0.25) is 5.91 Å². The van der Waals surface area contributed by atoms with Gasteiger partial charge < -0.3 is 5.32 Å². The van der Waals surface area contributed by atoms with E-state index in [2.05, 4.69) is 15.5 Å². The van der Waals surface area contributed by atoms with Crippen molar-refractivity contribution in [3.63, 3.8) is 0 Å². The van der Waals surface area contributed by atoms with Crippen molar-refractivity contribution < 1.29 is 4.79 Å². The highest BCUT2D eigenvalue weighted by Crippen LogP contribution is 2.32. The fourth-order valence-electron chi connectivity index (χ4n) is 2.20. The lowest BCUT2D eigenvalue weighted by atomic mass is 10.0.